The van der Waals surface area contributed by atoms with Gasteiger partial charge in [0, 0.05) is 29.9 Å². The maximum Gasteiger partial charge on any atom is 0.294 e. The number of benzene rings is 1. The molecule has 0 radical (unpaired) electrons. The molecule has 3 heterocycles. The number of amides is 4. The second-order valence-electron chi connectivity index (χ2n) is 13.8. The van der Waals surface area contributed by atoms with Gasteiger partial charge in [0.05, 0.1) is 6.04 Å². The predicted octanol–water partition coefficient (Wildman–Crippen LogP) is 1.54. The molecule has 1 unspecified atom stereocenters. The lowest BCUT2D eigenvalue weighted by atomic mass is 9.91. The van der Waals surface area contributed by atoms with Crippen LogP contribution in [0.4, 0.5) is 4.39 Å². The first-order chi connectivity index (χ1) is 21.5. The molecule has 1 aliphatic carbocycles. The van der Waals surface area contributed by atoms with Crippen LogP contribution in [0.5, 0.6) is 0 Å². The number of aliphatic hydroxyl groups excluding tert-OH is 1. The Kier molecular flexibility index (Phi) is 9.23. The van der Waals surface area contributed by atoms with Gasteiger partial charge in [0.25, 0.3) is 16.0 Å². The molecule has 1 saturated carbocycles. The summed E-state index contributed by atoms with van der Waals surface area (Å²) in [5, 5.41) is 18.7. The SMILES string of the molecule is CC(C)C[C@H](NC(=O)c1cc2c(F)cccc2[nH]1)C(=O)N1C[C@H]2[C@@H]([C@H]1C(=O)N[C@@H](C[C@@H]1CCCNC1=O)C(O)S(=O)(=O)O)C2(C)C. The molecular formula is C31H42FN5O8S. The van der Waals surface area contributed by atoms with E-state index < -0.39 is 63.1 Å². The number of hydrogen-bond acceptors (Lipinski definition) is 7. The van der Waals surface area contributed by atoms with Crippen LogP contribution in [0.3, 0.4) is 0 Å². The summed E-state index contributed by atoms with van der Waals surface area (Å²) in [6, 6.07) is 2.16. The summed E-state index contributed by atoms with van der Waals surface area (Å²) in [5.41, 5.74) is -2.23. The topological polar surface area (TPSA) is 198 Å². The Morgan fingerprint density at radius 3 is 2.54 bits per heavy atom. The second-order valence-corrected chi connectivity index (χ2v) is 15.3. The van der Waals surface area contributed by atoms with Crippen LogP contribution in [-0.2, 0) is 24.5 Å². The summed E-state index contributed by atoms with van der Waals surface area (Å²) in [6.07, 6.45) is 1.03. The number of nitrogens with one attached hydrogen (secondary N) is 4. The Morgan fingerprint density at radius 1 is 1.20 bits per heavy atom. The minimum atomic E-state index is -5.02. The summed E-state index contributed by atoms with van der Waals surface area (Å²) < 4.78 is 47.8. The van der Waals surface area contributed by atoms with Gasteiger partial charge in [-0.1, -0.05) is 33.8 Å². The molecule has 1 aromatic carbocycles. The highest BCUT2D eigenvalue weighted by atomic mass is 32.2. The maximum atomic E-state index is 14.3. The van der Waals surface area contributed by atoms with Crippen LogP contribution < -0.4 is 16.0 Å². The normalized spacial score (nSPS) is 25.8. The molecule has 46 heavy (non-hydrogen) atoms. The highest BCUT2D eigenvalue weighted by Crippen LogP contribution is 2.65. The Morgan fingerprint density at radius 2 is 1.91 bits per heavy atom. The quantitative estimate of drug-likeness (QED) is 0.195. The number of nitrogens with zero attached hydrogens (tertiary/aromatic N) is 1. The molecule has 3 fully saturated rings. The molecule has 15 heteroatoms. The molecule has 2 saturated heterocycles. The van der Waals surface area contributed by atoms with Crippen molar-refractivity contribution in [2.75, 3.05) is 13.1 Å². The molecule has 5 rings (SSSR count). The molecule has 1 aromatic heterocycles. The Bertz CT molecular complexity index is 1640. The standard InChI is InChI=1S/C31H42FN5O8S/c1-15(2)11-22(35-27(39)21-13-17-19(32)8-5-9-20(17)34-21)29(41)37-14-18-24(31(18,3)4)25(37)28(40)36-23(30(42)46(43,44)45)12-16-7-6-10-33-26(16)38/h5,8-9,13,15-16,18,22-25,30,34,42H,6-7,10-12,14H2,1-4H3,(H,33,38)(H,35,39)(H,36,40)(H,43,44,45)/t16-,18-,22-,23-,24-,25-,30?/m0/s1. The first-order valence-electron chi connectivity index (χ1n) is 15.6. The van der Waals surface area contributed by atoms with Crippen LogP contribution >= 0.6 is 0 Å². The number of aromatic amines is 1. The van der Waals surface area contributed by atoms with Crippen LogP contribution in [0.25, 0.3) is 10.9 Å². The van der Waals surface area contributed by atoms with Gasteiger partial charge in [-0.15, -0.1) is 0 Å². The fourth-order valence-electron chi connectivity index (χ4n) is 7.27. The molecule has 2 aliphatic heterocycles. The van der Waals surface area contributed by atoms with E-state index in [0.717, 1.165) is 0 Å². The number of piperidine rings is 2. The smallest absolute Gasteiger partial charge is 0.294 e. The molecular weight excluding hydrogens is 621 g/mol. The van der Waals surface area contributed by atoms with E-state index in [1.54, 1.807) is 6.07 Å². The van der Waals surface area contributed by atoms with Crippen LogP contribution in [-0.4, -0.2) is 88.2 Å². The summed E-state index contributed by atoms with van der Waals surface area (Å²) in [5.74, 6) is -3.78. The lowest BCUT2D eigenvalue weighted by molar-refractivity contribution is -0.142. The number of halogens is 1. The summed E-state index contributed by atoms with van der Waals surface area (Å²) >= 11 is 0. The predicted molar refractivity (Wildman–Crippen MR) is 165 cm³/mol. The van der Waals surface area contributed by atoms with E-state index in [1.165, 1.54) is 23.1 Å². The number of carbonyl (C=O) groups excluding carboxylic acids is 4. The van der Waals surface area contributed by atoms with E-state index in [-0.39, 0.29) is 59.5 Å². The van der Waals surface area contributed by atoms with Gasteiger partial charge in [0.2, 0.25) is 23.2 Å². The van der Waals surface area contributed by atoms with Crippen molar-refractivity contribution in [3.05, 3.63) is 35.8 Å². The van der Waals surface area contributed by atoms with Crippen molar-refractivity contribution in [2.45, 2.75) is 76.9 Å². The largest absolute Gasteiger partial charge is 0.374 e. The van der Waals surface area contributed by atoms with E-state index in [9.17, 15) is 41.6 Å². The fourth-order valence-corrected chi connectivity index (χ4v) is 7.87. The lowest BCUT2D eigenvalue weighted by Gasteiger charge is -2.35. The molecule has 7 atom stereocenters. The zero-order chi connectivity index (χ0) is 33.7. The number of likely N-dealkylation sites (tertiary alicyclic amines) is 1. The first kappa shape index (κ1) is 33.8. The van der Waals surface area contributed by atoms with Crippen molar-refractivity contribution >= 4 is 44.6 Å². The van der Waals surface area contributed by atoms with Crippen LogP contribution in [0.1, 0.15) is 63.9 Å². The van der Waals surface area contributed by atoms with Crippen molar-refractivity contribution in [1.82, 2.24) is 25.8 Å². The van der Waals surface area contributed by atoms with Crippen LogP contribution in [0.2, 0.25) is 0 Å². The van der Waals surface area contributed by atoms with E-state index >= 15 is 0 Å². The van der Waals surface area contributed by atoms with Crippen molar-refractivity contribution < 1.29 is 41.6 Å². The van der Waals surface area contributed by atoms with Crippen LogP contribution in [0, 0.1) is 34.9 Å². The molecule has 2 aromatic rings. The zero-order valence-electron chi connectivity index (χ0n) is 26.2. The fraction of sp³-hybridized carbons (Fsp3) is 0.613. The molecule has 13 nitrogen and oxygen atoms in total. The zero-order valence-corrected chi connectivity index (χ0v) is 27.1. The van der Waals surface area contributed by atoms with Gasteiger partial charge >= 0.3 is 0 Å². The van der Waals surface area contributed by atoms with Crippen molar-refractivity contribution in [2.24, 2.45) is 29.1 Å². The number of H-pyrrole nitrogens is 1. The summed E-state index contributed by atoms with van der Waals surface area (Å²) in [4.78, 5) is 58.1. The Labute approximate surface area is 266 Å². The third kappa shape index (κ3) is 6.63. The van der Waals surface area contributed by atoms with Gasteiger partial charge in [0.1, 0.15) is 23.6 Å². The molecule has 252 valence electrons. The summed E-state index contributed by atoms with van der Waals surface area (Å²) in [7, 11) is -5.02. The number of aromatic nitrogens is 1. The molecule has 4 amide bonds. The van der Waals surface area contributed by atoms with Crippen molar-refractivity contribution in [3.8, 4) is 0 Å². The molecule has 6 N–H and O–H groups in total. The molecule has 0 bridgehead atoms. The highest BCUT2D eigenvalue weighted by Gasteiger charge is 2.69. The number of hydrogen-bond donors (Lipinski definition) is 6. The lowest BCUT2D eigenvalue weighted by Crippen LogP contribution is -2.59. The third-order valence-corrected chi connectivity index (χ3v) is 10.8. The average Bonchev–Trinajstić information content (AvgIpc) is 3.35. The maximum absolute atomic E-state index is 14.3. The third-order valence-electron chi connectivity index (χ3n) is 9.84. The Hall–Kier alpha value is -3.56. The van der Waals surface area contributed by atoms with E-state index in [2.05, 4.69) is 20.9 Å². The van der Waals surface area contributed by atoms with E-state index in [1.807, 2.05) is 27.7 Å². The van der Waals surface area contributed by atoms with Gasteiger partial charge in [-0.05, 0) is 67.1 Å². The van der Waals surface area contributed by atoms with Crippen molar-refractivity contribution in [1.29, 1.82) is 0 Å². The van der Waals surface area contributed by atoms with Gasteiger partial charge in [-0.2, -0.15) is 8.42 Å². The van der Waals surface area contributed by atoms with Gasteiger partial charge in [-0.3, -0.25) is 23.7 Å². The Balaban J connectivity index is 1.38. The van der Waals surface area contributed by atoms with Gasteiger partial charge in [0.15, 0.2) is 0 Å². The van der Waals surface area contributed by atoms with E-state index in [4.69, 9.17) is 0 Å². The monoisotopic (exact) mass is 663 g/mol. The van der Waals surface area contributed by atoms with Gasteiger partial charge < -0.3 is 30.9 Å². The summed E-state index contributed by atoms with van der Waals surface area (Å²) in [6.45, 7) is 8.35. The second kappa shape index (κ2) is 12.6. The first-order valence-corrected chi connectivity index (χ1v) is 17.1. The number of rotatable bonds is 11. The van der Waals surface area contributed by atoms with E-state index in [0.29, 0.717) is 24.9 Å². The minimum Gasteiger partial charge on any atom is -0.374 e. The number of carbonyl (C=O) groups is 4. The highest BCUT2D eigenvalue weighted by molar-refractivity contribution is 7.86. The van der Waals surface area contributed by atoms with Crippen LogP contribution in [0.15, 0.2) is 24.3 Å². The molecule has 3 aliphatic rings. The molecule has 0 spiro atoms. The number of aliphatic hydroxyl groups is 1. The minimum absolute atomic E-state index is 0.0359. The van der Waals surface area contributed by atoms with Gasteiger partial charge in [-0.25, -0.2) is 4.39 Å². The average molecular weight is 664 g/mol. The number of fused-ring (bicyclic) bond motifs is 2. The van der Waals surface area contributed by atoms with Crippen molar-refractivity contribution in [3.63, 3.8) is 0 Å².